The van der Waals surface area contributed by atoms with Crippen molar-refractivity contribution in [1.82, 2.24) is 15.1 Å². The number of hydrogen-bond donors (Lipinski definition) is 1. The summed E-state index contributed by atoms with van der Waals surface area (Å²) in [6, 6.07) is 8.84. The number of piperazine rings is 1. The number of carbonyl (C=O) groups excluding carboxylic acids is 1. The number of nitrogens with zero attached hydrogens (tertiary/aromatic N) is 3. The fourth-order valence-electron chi connectivity index (χ4n) is 3.97. The first-order valence-electron chi connectivity index (χ1n) is 9.61. The van der Waals surface area contributed by atoms with E-state index in [1.807, 2.05) is 24.1 Å². The Labute approximate surface area is 176 Å². The zero-order valence-corrected chi connectivity index (χ0v) is 18.3. The van der Waals surface area contributed by atoms with Gasteiger partial charge in [-0.2, -0.15) is 0 Å². The average molecular weight is 417 g/mol. The van der Waals surface area contributed by atoms with E-state index in [4.69, 9.17) is 0 Å². The average Bonchev–Trinajstić information content (AvgIpc) is 3.10. The first-order valence-corrected chi connectivity index (χ1v) is 9.61. The van der Waals surface area contributed by atoms with Gasteiger partial charge in [-0.05, 0) is 64.0 Å². The van der Waals surface area contributed by atoms with Crippen molar-refractivity contribution < 1.29 is 4.79 Å². The second-order valence-electron chi connectivity index (χ2n) is 7.63. The molecule has 0 radical (unpaired) electrons. The summed E-state index contributed by atoms with van der Waals surface area (Å²) in [7, 11) is 1.98. The summed E-state index contributed by atoms with van der Waals surface area (Å²) < 4.78 is 0. The molecular formula is C20H34Cl2N4O. The zero-order chi connectivity index (χ0) is 17.8. The highest BCUT2D eigenvalue weighted by molar-refractivity contribution is 5.94. The van der Waals surface area contributed by atoms with Crippen molar-refractivity contribution in [3.8, 4) is 0 Å². The fraction of sp³-hybridized carbons (Fsp3) is 0.650. The summed E-state index contributed by atoms with van der Waals surface area (Å²) in [6.45, 7) is 11.6. The summed E-state index contributed by atoms with van der Waals surface area (Å²) in [4.78, 5) is 19.6. The number of amides is 1. The molecule has 1 N–H and O–H groups in total. The van der Waals surface area contributed by atoms with Crippen LogP contribution in [0.4, 0.5) is 5.69 Å². The Kier molecular flexibility index (Phi) is 9.88. The van der Waals surface area contributed by atoms with Gasteiger partial charge < -0.3 is 15.1 Å². The molecule has 2 heterocycles. The van der Waals surface area contributed by atoms with E-state index < -0.39 is 0 Å². The zero-order valence-electron chi connectivity index (χ0n) is 16.7. The van der Waals surface area contributed by atoms with Crippen LogP contribution >= 0.6 is 24.8 Å². The molecule has 1 amide bonds. The molecule has 5 nitrogen and oxygen atoms in total. The van der Waals surface area contributed by atoms with Crippen molar-refractivity contribution in [3.63, 3.8) is 0 Å². The maximum Gasteiger partial charge on any atom is 0.253 e. The van der Waals surface area contributed by atoms with E-state index >= 15 is 0 Å². The lowest BCUT2D eigenvalue weighted by Crippen LogP contribution is -2.48. The Morgan fingerprint density at radius 3 is 2.26 bits per heavy atom. The smallest absolute Gasteiger partial charge is 0.253 e. The Morgan fingerprint density at radius 2 is 1.70 bits per heavy atom. The van der Waals surface area contributed by atoms with Gasteiger partial charge in [-0.3, -0.25) is 9.69 Å². The first-order chi connectivity index (χ1) is 12.1. The van der Waals surface area contributed by atoms with Gasteiger partial charge in [-0.1, -0.05) is 0 Å². The molecule has 2 aliphatic heterocycles. The molecule has 2 saturated heterocycles. The third kappa shape index (κ3) is 5.98. The molecule has 1 aromatic rings. The predicted octanol–water partition coefficient (Wildman–Crippen LogP) is 2.74. The van der Waals surface area contributed by atoms with Crippen molar-refractivity contribution in [2.45, 2.75) is 26.3 Å². The molecule has 0 aliphatic carbocycles. The highest BCUT2D eigenvalue weighted by Crippen LogP contribution is 2.21. The molecule has 7 heteroatoms. The normalized spacial score (nSPS) is 20.4. The minimum absolute atomic E-state index is 0. The summed E-state index contributed by atoms with van der Waals surface area (Å²) in [5.74, 6) is 0.764. The summed E-state index contributed by atoms with van der Waals surface area (Å²) in [5, 5.41) is 3.22. The van der Waals surface area contributed by atoms with Crippen LogP contribution < -0.4 is 10.2 Å². The van der Waals surface area contributed by atoms with Crippen LogP contribution in [0.3, 0.4) is 0 Å². The Balaban J connectivity index is 0.00000182. The van der Waals surface area contributed by atoms with Gasteiger partial charge in [0.1, 0.15) is 0 Å². The first kappa shape index (κ1) is 24.0. The number of benzene rings is 1. The predicted molar refractivity (Wildman–Crippen MR) is 118 cm³/mol. The van der Waals surface area contributed by atoms with Crippen molar-refractivity contribution in [1.29, 1.82) is 0 Å². The molecule has 27 heavy (non-hydrogen) atoms. The molecule has 1 aromatic carbocycles. The van der Waals surface area contributed by atoms with Crippen molar-refractivity contribution >= 4 is 36.4 Å². The fourth-order valence-corrected chi connectivity index (χ4v) is 3.97. The Morgan fingerprint density at radius 1 is 1.07 bits per heavy atom. The molecule has 1 atom stereocenters. The Bertz CT molecular complexity index is 574. The molecule has 0 saturated carbocycles. The number of rotatable bonds is 5. The molecular weight excluding hydrogens is 383 g/mol. The number of hydrogen-bond acceptors (Lipinski definition) is 4. The van der Waals surface area contributed by atoms with Crippen LogP contribution in [0, 0.1) is 5.92 Å². The van der Waals surface area contributed by atoms with Crippen molar-refractivity contribution in [3.05, 3.63) is 29.8 Å². The lowest BCUT2D eigenvalue weighted by molar-refractivity contribution is 0.0787. The van der Waals surface area contributed by atoms with Gasteiger partial charge in [-0.25, -0.2) is 0 Å². The highest BCUT2D eigenvalue weighted by Gasteiger charge is 2.26. The second-order valence-corrected chi connectivity index (χ2v) is 7.63. The molecule has 1 unspecified atom stereocenters. The molecule has 0 aromatic heterocycles. The topological polar surface area (TPSA) is 38.8 Å². The summed E-state index contributed by atoms with van der Waals surface area (Å²) in [5.41, 5.74) is 2.05. The SMILES string of the molecule is CNCC1CCN(C(=O)c2ccc(N3CCN(C(C)C)CC3)cc2)C1.Cl.Cl. The van der Waals surface area contributed by atoms with Crippen LogP contribution in [-0.4, -0.2) is 74.6 Å². The number of likely N-dealkylation sites (tertiary alicyclic amines) is 1. The van der Waals surface area contributed by atoms with Gasteiger partial charge in [0, 0.05) is 56.6 Å². The largest absolute Gasteiger partial charge is 0.369 e. The van der Waals surface area contributed by atoms with E-state index in [1.165, 1.54) is 5.69 Å². The van der Waals surface area contributed by atoms with Gasteiger partial charge in [-0.15, -0.1) is 24.8 Å². The van der Waals surface area contributed by atoms with Crippen LogP contribution in [0.2, 0.25) is 0 Å². The third-order valence-corrected chi connectivity index (χ3v) is 5.59. The van der Waals surface area contributed by atoms with Crippen LogP contribution in [0.5, 0.6) is 0 Å². The lowest BCUT2D eigenvalue weighted by Gasteiger charge is -2.38. The van der Waals surface area contributed by atoms with Crippen LogP contribution in [-0.2, 0) is 0 Å². The van der Waals surface area contributed by atoms with E-state index in [2.05, 4.69) is 41.1 Å². The van der Waals surface area contributed by atoms with Crippen LogP contribution in [0.1, 0.15) is 30.6 Å². The van der Waals surface area contributed by atoms with Gasteiger partial charge in [0.05, 0.1) is 0 Å². The maximum atomic E-state index is 12.7. The van der Waals surface area contributed by atoms with Crippen LogP contribution in [0.15, 0.2) is 24.3 Å². The Hall–Kier alpha value is -1.01. The molecule has 0 spiro atoms. The minimum atomic E-state index is 0. The number of halogens is 2. The monoisotopic (exact) mass is 416 g/mol. The number of carbonyl (C=O) groups is 1. The van der Waals surface area contributed by atoms with Crippen molar-refractivity contribution in [2.75, 3.05) is 57.8 Å². The van der Waals surface area contributed by atoms with Gasteiger partial charge in [0.25, 0.3) is 5.91 Å². The molecule has 0 bridgehead atoms. The quantitative estimate of drug-likeness (QED) is 0.800. The summed E-state index contributed by atoms with van der Waals surface area (Å²) in [6.07, 6.45) is 1.10. The summed E-state index contributed by atoms with van der Waals surface area (Å²) >= 11 is 0. The van der Waals surface area contributed by atoms with E-state index in [9.17, 15) is 4.79 Å². The lowest BCUT2D eigenvalue weighted by atomic mass is 10.1. The number of anilines is 1. The molecule has 3 rings (SSSR count). The number of nitrogens with one attached hydrogen (secondary N) is 1. The van der Waals surface area contributed by atoms with E-state index in [0.717, 1.165) is 57.8 Å². The molecule has 2 fully saturated rings. The third-order valence-electron chi connectivity index (χ3n) is 5.59. The standard InChI is InChI=1S/C20H32N4O.2ClH/c1-16(2)22-10-12-23(13-11-22)19-6-4-18(5-7-19)20(25)24-9-8-17(15-24)14-21-3;;/h4-7,16-17,21H,8-15H2,1-3H3;2*1H. The molecule has 154 valence electrons. The van der Waals surface area contributed by atoms with Gasteiger partial charge in [0.2, 0.25) is 0 Å². The van der Waals surface area contributed by atoms with Crippen LogP contribution in [0.25, 0.3) is 0 Å². The van der Waals surface area contributed by atoms with E-state index in [0.29, 0.717) is 12.0 Å². The van der Waals surface area contributed by atoms with E-state index in [1.54, 1.807) is 0 Å². The van der Waals surface area contributed by atoms with E-state index in [-0.39, 0.29) is 30.7 Å². The highest BCUT2D eigenvalue weighted by atomic mass is 35.5. The maximum absolute atomic E-state index is 12.7. The van der Waals surface area contributed by atoms with Gasteiger partial charge >= 0.3 is 0 Å². The van der Waals surface area contributed by atoms with Gasteiger partial charge in [0.15, 0.2) is 0 Å². The van der Waals surface area contributed by atoms with Crippen molar-refractivity contribution in [2.24, 2.45) is 5.92 Å². The molecule has 2 aliphatic rings. The minimum Gasteiger partial charge on any atom is -0.369 e. The second kappa shape index (κ2) is 11.1.